The van der Waals surface area contributed by atoms with Crippen LogP contribution in [-0.2, 0) is 11.4 Å². The highest BCUT2D eigenvalue weighted by atomic mass is 19.4. The van der Waals surface area contributed by atoms with Gasteiger partial charge in [0.1, 0.15) is 12.4 Å². The SMILES string of the molecule is COc1ccc(/C=C2\C(=O)N(c3cccc(-c4ccccc4)c3)NC2C(F)(F)F)cc1OCc1ccc(F)cc1. The average Bonchev–Trinajstić information content (AvgIpc) is 3.29. The summed E-state index contributed by atoms with van der Waals surface area (Å²) in [5.41, 5.74) is 4.78. The number of amides is 1. The van der Waals surface area contributed by atoms with Gasteiger partial charge in [-0.2, -0.15) is 13.2 Å². The number of carbonyl (C=O) groups is 1. The zero-order valence-electron chi connectivity index (χ0n) is 21.3. The van der Waals surface area contributed by atoms with Crippen molar-refractivity contribution in [1.29, 1.82) is 0 Å². The summed E-state index contributed by atoms with van der Waals surface area (Å²) in [5, 5.41) is 0.923. The molecule has 4 aromatic carbocycles. The van der Waals surface area contributed by atoms with Gasteiger partial charge in [0.15, 0.2) is 17.5 Å². The summed E-state index contributed by atoms with van der Waals surface area (Å²) in [6, 6.07) is 24.1. The smallest absolute Gasteiger partial charge is 0.409 e. The number of carbonyl (C=O) groups excluding carboxylic acids is 1. The van der Waals surface area contributed by atoms with Gasteiger partial charge in [-0.15, -0.1) is 0 Å². The quantitative estimate of drug-likeness (QED) is 0.201. The van der Waals surface area contributed by atoms with Crippen molar-refractivity contribution in [2.24, 2.45) is 0 Å². The van der Waals surface area contributed by atoms with Crippen molar-refractivity contribution < 1.29 is 31.8 Å². The third kappa shape index (κ3) is 5.84. The van der Waals surface area contributed by atoms with Gasteiger partial charge in [0.05, 0.1) is 12.8 Å². The maximum Gasteiger partial charge on any atom is 0.409 e. The van der Waals surface area contributed by atoms with E-state index in [1.807, 2.05) is 36.4 Å². The van der Waals surface area contributed by atoms with Gasteiger partial charge in [-0.25, -0.2) is 14.8 Å². The van der Waals surface area contributed by atoms with E-state index in [0.717, 1.165) is 16.1 Å². The molecule has 4 aromatic rings. The fourth-order valence-electron chi connectivity index (χ4n) is 4.37. The summed E-state index contributed by atoms with van der Waals surface area (Å²) in [6.07, 6.45) is -3.54. The zero-order valence-corrected chi connectivity index (χ0v) is 21.3. The molecule has 5 nitrogen and oxygen atoms in total. The zero-order chi connectivity index (χ0) is 28.3. The average molecular weight is 549 g/mol. The van der Waals surface area contributed by atoms with Crippen molar-refractivity contribution in [3.8, 4) is 22.6 Å². The van der Waals surface area contributed by atoms with Crippen LogP contribution in [0.15, 0.2) is 103 Å². The van der Waals surface area contributed by atoms with E-state index >= 15 is 0 Å². The Labute approximate surface area is 228 Å². The van der Waals surface area contributed by atoms with Crippen molar-refractivity contribution in [3.05, 3.63) is 120 Å². The number of nitrogens with zero attached hydrogens (tertiary/aromatic N) is 1. The molecule has 0 spiro atoms. The number of rotatable bonds is 7. The lowest BCUT2D eigenvalue weighted by atomic mass is 10.0. The minimum absolute atomic E-state index is 0.0772. The Morgan fingerprint density at radius 1 is 0.875 bits per heavy atom. The summed E-state index contributed by atoms with van der Waals surface area (Å²) in [5.74, 6) is -0.593. The van der Waals surface area contributed by atoms with Crippen LogP contribution >= 0.6 is 0 Å². The van der Waals surface area contributed by atoms with Gasteiger partial charge < -0.3 is 9.47 Å². The van der Waals surface area contributed by atoms with Crippen molar-refractivity contribution in [1.82, 2.24) is 5.43 Å². The minimum Gasteiger partial charge on any atom is -0.493 e. The third-order valence-corrected chi connectivity index (χ3v) is 6.38. The number of hydrogen-bond acceptors (Lipinski definition) is 4. The molecule has 1 aliphatic rings. The molecule has 0 saturated carbocycles. The molecule has 1 atom stereocenters. The second kappa shape index (κ2) is 11.2. The molecule has 1 N–H and O–H groups in total. The highest BCUT2D eigenvalue weighted by Gasteiger charge is 2.51. The third-order valence-electron chi connectivity index (χ3n) is 6.38. The fraction of sp³-hybridized carbons (Fsp3) is 0.129. The van der Waals surface area contributed by atoms with Gasteiger partial charge in [-0.3, -0.25) is 4.79 Å². The molecular weight excluding hydrogens is 524 g/mol. The Balaban J connectivity index is 1.45. The normalized spacial score (nSPS) is 16.4. The van der Waals surface area contributed by atoms with Crippen molar-refractivity contribution >= 4 is 17.7 Å². The Morgan fingerprint density at radius 3 is 2.30 bits per heavy atom. The summed E-state index contributed by atoms with van der Waals surface area (Å²) in [4.78, 5) is 13.4. The van der Waals surface area contributed by atoms with E-state index in [9.17, 15) is 22.4 Å². The Morgan fingerprint density at radius 2 is 1.60 bits per heavy atom. The summed E-state index contributed by atoms with van der Waals surface area (Å²) in [7, 11) is 1.43. The number of hydrogen-bond donors (Lipinski definition) is 1. The van der Waals surface area contributed by atoms with Crippen LogP contribution in [0.3, 0.4) is 0 Å². The molecule has 5 rings (SSSR count). The molecule has 40 heavy (non-hydrogen) atoms. The summed E-state index contributed by atoms with van der Waals surface area (Å²) in [6.45, 7) is 0.0772. The van der Waals surface area contributed by atoms with E-state index in [1.54, 1.807) is 36.4 Å². The van der Waals surface area contributed by atoms with Gasteiger partial charge >= 0.3 is 6.18 Å². The van der Waals surface area contributed by atoms with Crippen LogP contribution in [0.4, 0.5) is 23.2 Å². The topological polar surface area (TPSA) is 50.8 Å². The number of methoxy groups -OCH3 is 1. The molecule has 0 aromatic heterocycles. The molecule has 9 heteroatoms. The first-order valence-corrected chi connectivity index (χ1v) is 12.3. The monoisotopic (exact) mass is 548 g/mol. The lowest BCUT2D eigenvalue weighted by Gasteiger charge is -2.19. The predicted molar refractivity (Wildman–Crippen MR) is 144 cm³/mol. The van der Waals surface area contributed by atoms with E-state index in [2.05, 4.69) is 5.43 Å². The maximum absolute atomic E-state index is 14.1. The second-order valence-electron chi connectivity index (χ2n) is 9.09. The molecule has 0 aliphatic carbocycles. The molecule has 0 bridgehead atoms. The number of ether oxygens (including phenoxy) is 2. The Kier molecular flexibility index (Phi) is 7.57. The van der Waals surface area contributed by atoms with Gasteiger partial charge in [0.25, 0.3) is 5.91 Å². The second-order valence-corrected chi connectivity index (χ2v) is 9.09. The first-order valence-electron chi connectivity index (χ1n) is 12.3. The largest absolute Gasteiger partial charge is 0.493 e. The van der Waals surface area contributed by atoms with E-state index in [0.29, 0.717) is 16.9 Å². The van der Waals surface area contributed by atoms with Crippen LogP contribution in [0.25, 0.3) is 17.2 Å². The van der Waals surface area contributed by atoms with Crippen LogP contribution in [0, 0.1) is 5.82 Å². The van der Waals surface area contributed by atoms with Crippen LogP contribution < -0.4 is 19.9 Å². The molecular formula is C31H24F4N2O3. The number of alkyl halides is 3. The molecule has 1 fully saturated rings. The highest BCUT2D eigenvalue weighted by molar-refractivity contribution is 6.11. The van der Waals surface area contributed by atoms with E-state index < -0.39 is 23.7 Å². The maximum atomic E-state index is 14.1. The first kappa shape index (κ1) is 27.0. The van der Waals surface area contributed by atoms with Crippen molar-refractivity contribution in [2.45, 2.75) is 18.8 Å². The Bertz CT molecular complexity index is 1540. The fourth-order valence-corrected chi connectivity index (χ4v) is 4.37. The summed E-state index contributed by atoms with van der Waals surface area (Å²) < 4.78 is 66.7. The van der Waals surface area contributed by atoms with Crippen LogP contribution in [0.5, 0.6) is 11.5 Å². The number of halogens is 4. The predicted octanol–water partition coefficient (Wildman–Crippen LogP) is 6.95. The minimum atomic E-state index is -4.73. The van der Waals surface area contributed by atoms with Gasteiger partial charge in [0.2, 0.25) is 0 Å². The van der Waals surface area contributed by atoms with Gasteiger partial charge in [-0.1, -0.05) is 60.7 Å². The first-order chi connectivity index (χ1) is 19.2. The lowest BCUT2D eigenvalue weighted by molar-refractivity contribution is -0.144. The van der Waals surface area contributed by atoms with Crippen molar-refractivity contribution in [3.63, 3.8) is 0 Å². The van der Waals surface area contributed by atoms with E-state index in [4.69, 9.17) is 9.47 Å². The lowest BCUT2D eigenvalue weighted by Crippen LogP contribution is -2.44. The molecule has 1 heterocycles. The molecule has 1 unspecified atom stereocenters. The number of nitrogens with one attached hydrogen (secondary N) is 1. The number of benzene rings is 4. The molecule has 1 amide bonds. The molecule has 0 radical (unpaired) electrons. The van der Waals surface area contributed by atoms with Gasteiger partial charge in [0, 0.05) is 5.57 Å². The number of hydrazine groups is 1. The van der Waals surface area contributed by atoms with E-state index in [1.165, 1.54) is 37.5 Å². The molecule has 204 valence electrons. The molecule has 1 aliphatic heterocycles. The van der Waals surface area contributed by atoms with Gasteiger partial charge in [-0.05, 0) is 64.7 Å². The standard InChI is InChI=1S/C31H24F4N2O3/c1-39-27-15-12-21(17-28(27)40-19-20-10-13-24(32)14-11-20)16-26-29(31(33,34)35)36-37(30(26)38)25-9-5-8-23(18-25)22-6-3-2-4-7-22/h2-18,29,36H,19H2,1H3/b26-16-. The number of anilines is 1. The van der Waals surface area contributed by atoms with Crippen LogP contribution in [0.1, 0.15) is 11.1 Å². The van der Waals surface area contributed by atoms with Crippen molar-refractivity contribution in [2.75, 3.05) is 12.1 Å². The van der Waals surface area contributed by atoms with E-state index in [-0.39, 0.29) is 23.9 Å². The van der Waals surface area contributed by atoms with Crippen LogP contribution in [-0.4, -0.2) is 25.2 Å². The van der Waals surface area contributed by atoms with Crippen LogP contribution in [0.2, 0.25) is 0 Å². The highest BCUT2D eigenvalue weighted by Crippen LogP contribution is 2.36. The summed E-state index contributed by atoms with van der Waals surface area (Å²) >= 11 is 0. The molecule has 1 saturated heterocycles. The Hall–Kier alpha value is -4.63.